The van der Waals surface area contributed by atoms with Gasteiger partial charge in [-0.3, -0.25) is 4.79 Å². The third-order valence-electron chi connectivity index (χ3n) is 3.67. The summed E-state index contributed by atoms with van der Waals surface area (Å²) >= 11 is 1.48. The number of aromatic nitrogens is 2. The van der Waals surface area contributed by atoms with Gasteiger partial charge < -0.3 is 15.0 Å². The average molecular weight is 307 g/mol. The summed E-state index contributed by atoms with van der Waals surface area (Å²) in [6.45, 7) is 5.88. The van der Waals surface area contributed by atoms with Crippen LogP contribution in [0.4, 0.5) is 0 Å². The van der Waals surface area contributed by atoms with Gasteiger partial charge in [-0.1, -0.05) is 20.3 Å². The fraction of sp³-hybridized carbons (Fsp3) is 0.467. The highest BCUT2D eigenvalue weighted by molar-refractivity contribution is 7.14. The monoisotopic (exact) mass is 307 g/mol. The van der Waals surface area contributed by atoms with E-state index in [1.807, 2.05) is 49.9 Å². The van der Waals surface area contributed by atoms with Gasteiger partial charge in [0.05, 0.1) is 12.6 Å². The molecule has 0 fully saturated rings. The van der Waals surface area contributed by atoms with Crippen LogP contribution in [0.3, 0.4) is 0 Å². The molecule has 0 saturated carbocycles. The van der Waals surface area contributed by atoms with Crippen molar-refractivity contribution in [1.29, 1.82) is 0 Å². The number of hydrogen-bond acceptors (Lipinski definition) is 4. The van der Waals surface area contributed by atoms with Gasteiger partial charge >= 0.3 is 0 Å². The SMILES string of the molecule is CCC(C)C(CO)NC(=O)c1nc(-n2cccc2)sc1C. The van der Waals surface area contributed by atoms with Crippen LogP contribution < -0.4 is 5.32 Å². The summed E-state index contributed by atoms with van der Waals surface area (Å²) in [7, 11) is 0. The Morgan fingerprint density at radius 2 is 2.14 bits per heavy atom. The molecule has 0 bridgehead atoms. The highest BCUT2D eigenvalue weighted by Crippen LogP contribution is 2.21. The molecule has 0 aliphatic rings. The molecule has 2 rings (SSSR count). The first kappa shape index (κ1) is 15.7. The van der Waals surface area contributed by atoms with Gasteiger partial charge in [-0.25, -0.2) is 4.98 Å². The molecule has 0 saturated heterocycles. The zero-order chi connectivity index (χ0) is 15.4. The van der Waals surface area contributed by atoms with Crippen LogP contribution in [-0.2, 0) is 0 Å². The van der Waals surface area contributed by atoms with Crippen molar-refractivity contribution in [3.63, 3.8) is 0 Å². The Morgan fingerprint density at radius 3 is 2.71 bits per heavy atom. The quantitative estimate of drug-likeness (QED) is 0.861. The van der Waals surface area contributed by atoms with E-state index >= 15 is 0 Å². The van der Waals surface area contributed by atoms with E-state index in [2.05, 4.69) is 10.3 Å². The maximum Gasteiger partial charge on any atom is 0.271 e. The number of aryl methyl sites for hydroxylation is 1. The lowest BCUT2D eigenvalue weighted by molar-refractivity contribution is 0.0886. The second kappa shape index (κ2) is 6.87. The molecule has 0 aliphatic carbocycles. The highest BCUT2D eigenvalue weighted by Gasteiger charge is 2.22. The topological polar surface area (TPSA) is 67.2 Å². The molecule has 0 aliphatic heterocycles. The number of nitrogens with one attached hydrogen (secondary N) is 1. The van der Waals surface area contributed by atoms with Crippen LogP contribution in [0.1, 0.15) is 35.6 Å². The molecule has 2 N–H and O–H groups in total. The van der Waals surface area contributed by atoms with Crippen molar-refractivity contribution in [2.75, 3.05) is 6.61 Å². The van der Waals surface area contributed by atoms with E-state index in [0.29, 0.717) is 5.69 Å². The Morgan fingerprint density at radius 1 is 1.48 bits per heavy atom. The van der Waals surface area contributed by atoms with Gasteiger partial charge in [0, 0.05) is 17.3 Å². The van der Waals surface area contributed by atoms with Gasteiger partial charge in [0.25, 0.3) is 5.91 Å². The summed E-state index contributed by atoms with van der Waals surface area (Å²) in [4.78, 5) is 17.6. The number of aliphatic hydroxyl groups is 1. The summed E-state index contributed by atoms with van der Waals surface area (Å²) in [6.07, 6.45) is 4.70. The molecule has 0 spiro atoms. The predicted molar refractivity (Wildman–Crippen MR) is 84.0 cm³/mol. The molecule has 2 aromatic heterocycles. The van der Waals surface area contributed by atoms with Crippen molar-refractivity contribution in [2.24, 2.45) is 5.92 Å². The Kier molecular flexibility index (Phi) is 5.14. The van der Waals surface area contributed by atoms with Crippen molar-refractivity contribution in [3.8, 4) is 5.13 Å². The van der Waals surface area contributed by atoms with Crippen LogP contribution in [-0.4, -0.2) is 33.2 Å². The number of thiazole rings is 1. The van der Waals surface area contributed by atoms with E-state index in [0.717, 1.165) is 16.4 Å². The van der Waals surface area contributed by atoms with E-state index < -0.39 is 0 Å². The minimum Gasteiger partial charge on any atom is -0.394 e. The van der Waals surface area contributed by atoms with Crippen LogP contribution in [0.2, 0.25) is 0 Å². The Labute approximate surface area is 128 Å². The molecule has 6 heteroatoms. The second-order valence-electron chi connectivity index (χ2n) is 5.14. The first-order chi connectivity index (χ1) is 10.1. The molecule has 114 valence electrons. The van der Waals surface area contributed by atoms with Crippen LogP contribution in [0, 0.1) is 12.8 Å². The summed E-state index contributed by atoms with van der Waals surface area (Å²) in [5.41, 5.74) is 0.436. The molecule has 2 atom stereocenters. The zero-order valence-electron chi connectivity index (χ0n) is 12.5. The number of nitrogens with zero attached hydrogens (tertiary/aromatic N) is 2. The highest BCUT2D eigenvalue weighted by atomic mass is 32.1. The van der Waals surface area contributed by atoms with Crippen LogP contribution in [0.25, 0.3) is 5.13 Å². The van der Waals surface area contributed by atoms with E-state index in [-0.39, 0.29) is 24.5 Å². The number of amides is 1. The standard InChI is InChI=1S/C15H21N3O2S/c1-4-10(2)12(9-19)16-14(20)13-11(3)21-15(17-13)18-7-5-6-8-18/h5-8,10,12,19H,4,9H2,1-3H3,(H,16,20). The number of rotatable bonds is 6. The first-order valence-corrected chi connectivity index (χ1v) is 7.91. The first-order valence-electron chi connectivity index (χ1n) is 7.09. The minimum absolute atomic E-state index is 0.0611. The number of aliphatic hydroxyl groups excluding tert-OH is 1. The maximum absolute atomic E-state index is 12.4. The molecule has 0 aromatic carbocycles. The van der Waals surface area contributed by atoms with Crippen molar-refractivity contribution in [3.05, 3.63) is 35.1 Å². The van der Waals surface area contributed by atoms with Gasteiger partial charge in [-0.2, -0.15) is 0 Å². The van der Waals surface area contributed by atoms with Crippen molar-refractivity contribution >= 4 is 17.2 Å². The van der Waals surface area contributed by atoms with Crippen LogP contribution in [0.5, 0.6) is 0 Å². The summed E-state index contributed by atoms with van der Waals surface area (Å²) in [5.74, 6) is 0.00307. The predicted octanol–water partition coefficient (Wildman–Crippen LogP) is 2.38. The Hall–Kier alpha value is -1.66. The third kappa shape index (κ3) is 3.51. The van der Waals surface area contributed by atoms with Gasteiger partial charge in [0.1, 0.15) is 5.69 Å². The molecule has 0 radical (unpaired) electrons. The Bertz CT molecular complexity index is 592. The largest absolute Gasteiger partial charge is 0.394 e. The summed E-state index contributed by atoms with van der Waals surface area (Å²) in [5, 5.41) is 13.1. The van der Waals surface area contributed by atoms with Gasteiger partial charge in [-0.05, 0) is 25.0 Å². The van der Waals surface area contributed by atoms with Gasteiger partial charge in [0.15, 0.2) is 5.13 Å². The third-order valence-corrected chi connectivity index (χ3v) is 4.65. The molecular weight excluding hydrogens is 286 g/mol. The molecule has 2 unspecified atom stereocenters. The molecule has 5 nitrogen and oxygen atoms in total. The summed E-state index contributed by atoms with van der Waals surface area (Å²) < 4.78 is 1.88. The van der Waals surface area contributed by atoms with Crippen molar-refractivity contribution < 1.29 is 9.90 Å². The fourth-order valence-corrected chi connectivity index (χ4v) is 2.93. The normalized spacial score (nSPS) is 13.9. The average Bonchev–Trinajstić information content (AvgIpc) is 3.12. The number of carbonyl (C=O) groups excluding carboxylic acids is 1. The molecule has 21 heavy (non-hydrogen) atoms. The summed E-state index contributed by atoms with van der Waals surface area (Å²) in [6, 6.07) is 3.60. The fourth-order valence-electron chi connectivity index (χ4n) is 2.05. The zero-order valence-corrected chi connectivity index (χ0v) is 13.4. The van der Waals surface area contributed by atoms with Crippen LogP contribution >= 0.6 is 11.3 Å². The second-order valence-corrected chi connectivity index (χ2v) is 6.32. The van der Waals surface area contributed by atoms with E-state index in [1.54, 1.807) is 0 Å². The van der Waals surface area contributed by atoms with Crippen LogP contribution in [0.15, 0.2) is 24.5 Å². The lowest BCUT2D eigenvalue weighted by Gasteiger charge is -2.21. The number of hydrogen-bond donors (Lipinski definition) is 2. The minimum atomic E-state index is -0.237. The lowest BCUT2D eigenvalue weighted by Crippen LogP contribution is -2.42. The molecular formula is C15H21N3O2S. The van der Waals surface area contributed by atoms with Crippen molar-refractivity contribution in [1.82, 2.24) is 14.9 Å². The maximum atomic E-state index is 12.4. The molecule has 1 amide bonds. The van der Waals surface area contributed by atoms with Gasteiger partial charge in [-0.15, -0.1) is 11.3 Å². The molecule has 2 heterocycles. The Balaban J connectivity index is 2.16. The lowest BCUT2D eigenvalue weighted by atomic mass is 10.00. The van der Waals surface area contributed by atoms with E-state index in [4.69, 9.17) is 0 Å². The van der Waals surface area contributed by atoms with E-state index in [9.17, 15) is 9.90 Å². The van der Waals surface area contributed by atoms with Crippen molar-refractivity contribution in [2.45, 2.75) is 33.2 Å². The molecule has 2 aromatic rings. The van der Waals surface area contributed by atoms with E-state index in [1.165, 1.54) is 11.3 Å². The van der Waals surface area contributed by atoms with Gasteiger partial charge in [0.2, 0.25) is 0 Å². The smallest absolute Gasteiger partial charge is 0.271 e. The number of carbonyl (C=O) groups is 1.